The summed E-state index contributed by atoms with van der Waals surface area (Å²) in [6.07, 6.45) is 0.256. The van der Waals surface area contributed by atoms with E-state index in [9.17, 15) is 8.42 Å². The first-order chi connectivity index (χ1) is 8.90. The molecule has 0 saturated heterocycles. The molecule has 19 heavy (non-hydrogen) atoms. The predicted molar refractivity (Wildman–Crippen MR) is 71.8 cm³/mol. The summed E-state index contributed by atoms with van der Waals surface area (Å²) >= 11 is 0. The largest absolute Gasteiger partial charge is 0.396 e. The molecule has 2 N–H and O–H groups in total. The highest BCUT2D eigenvalue weighted by Crippen LogP contribution is 2.13. The normalized spacial score (nSPS) is 14.6. The molecule has 0 radical (unpaired) electrons. The number of aliphatic hydroxyl groups is 1. The fourth-order valence-corrected chi connectivity index (χ4v) is 2.82. The average Bonchev–Trinajstić information content (AvgIpc) is 2.38. The lowest BCUT2D eigenvalue weighted by molar-refractivity contribution is 0.216. The Morgan fingerprint density at radius 2 is 1.89 bits per heavy atom. The van der Waals surface area contributed by atoms with Crippen molar-refractivity contribution in [3.63, 3.8) is 0 Å². The molecule has 0 aromatic heterocycles. The van der Waals surface area contributed by atoms with Crippen LogP contribution in [0, 0.1) is 17.2 Å². The van der Waals surface area contributed by atoms with E-state index in [1.807, 2.05) is 6.07 Å². The van der Waals surface area contributed by atoms with Gasteiger partial charge in [-0.2, -0.15) is 5.26 Å². The van der Waals surface area contributed by atoms with Crippen LogP contribution >= 0.6 is 0 Å². The molecule has 104 valence electrons. The third kappa shape index (κ3) is 4.31. The molecule has 0 aliphatic carbocycles. The molecule has 0 fully saturated rings. The molecule has 0 aliphatic rings. The first-order valence-electron chi connectivity index (χ1n) is 5.99. The van der Waals surface area contributed by atoms with Gasteiger partial charge in [0.1, 0.15) is 0 Å². The quantitative estimate of drug-likeness (QED) is 0.816. The average molecular weight is 282 g/mol. The number of hydrogen-bond acceptors (Lipinski definition) is 4. The lowest BCUT2D eigenvalue weighted by atomic mass is 10.1. The van der Waals surface area contributed by atoms with Crippen LogP contribution in [0.3, 0.4) is 0 Å². The maximum atomic E-state index is 12.1. The molecule has 2 unspecified atom stereocenters. The fraction of sp³-hybridized carbons (Fsp3) is 0.462. The highest BCUT2D eigenvalue weighted by atomic mass is 32.2. The van der Waals surface area contributed by atoms with Gasteiger partial charge < -0.3 is 5.11 Å². The maximum absolute atomic E-state index is 12.1. The van der Waals surface area contributed by atoms with Crippen molar-refractivity contribution in [3.05, 3.63) is 29.8 Å². The SMILES string of the molecule is CC(CO)C(C)NS(=O)(=O)c1ccc(CC#N)cc1. The van der Waals surface area contributed by atoms with E-state index in [4.69, 9.17) is 10.4 Å². The molecule has 0 heterocycles. The summed E-state index contributed by atoms with van der Waals surface area (Å²) in [5.74, 6) is -0.160. The highest BCUT2D eigenvalue weighted by Gasteiger charge is 2.20. The summed E-state index contributed by atoms with van der Waals surface area (Å²) in [5, 5.41) is 17.6. The second-order valence-electron chi connectivity index (χ2n) is 4.55. The molecule has 1 aromatic rings. The van der Waals surface area contributed by atoms with Crippen LogP contribution in [0.4, 0.5) is 0 Å². The van der Waals surface area contributed by atoms with E-state index in [1.165, 1.54) is 12.1 Å². The zero-order valence-electron chi connectivity index (χ0n) is 11.0. The minimum absolute atomic E-state index is 0.0786. The summed E-state index contributed by atoms with van der Waals surface area (Å²) in [6, 6.07) is 7.85. The number of aliphatic hydroxyl groups excluding tert-OH is 1. The molecule has 0 aliphatic heterocycles. The van der Waals surface area contributed by atoms with Crippen molar-refractivity contribution in [1.29, 1.82) is 5.26 Å². The van der Waals surface area contributed by atoms with E-state index in [0.29, 0.717) is 0 Å². The van der Waals surface area contributed by atoms with Gasteiger partial charge in [0, 0.05) is 12.6 Å². The van der Waals surface area contributed by atoms with E-state index in [2.05, 4.69) is 4.72 Å². The Kier molecular flexibility index (Phi) is 5.48. The minimum atomic E-state index is -3.59. The first-order valence-corrected chi connectivity index (χ1v) is 7.48. The van der Waals surface area contributed by atoms with Crippen LogP contribution in [0.5, 0.6) is 0 Å². The number of sulfonamides is 1. The molecule has 5 nitrogen and oxygen atoms in total. The zero-order chi connectivity index (χ0) is 14.5. The Labute approximate surface area is 113 Å². The van der Waals surface area contributed by atoms with E-state index >= 15 is 0 Å². The molecular formula is C13H18N2O3S. The highest BCUT2D eigenvalue weighted by molar-refractivity contribution is 7.89. The molecule has 0 bridgehead atoms. The van der Waals surface area contributed by atoms with Gasteiger partial charge in [-0.15, -0.1) is 0 Å². The summed E-state index contributed by atoms with van der Waals surface area (Å²) in [6.45, 7) is 3.40. The van der Waals surface area contributed by atoms with Crippen molar-refractivity contribution in [3.8, 4) is 6.07 Å². The lowest BCUT2D eigenvalue weighted by Gasteiger charge is -2.19. The summed E-state index contributed by atoms with van der Waals surface area (Å²) in [7, 11) is -3.59. The van der Waals surface area contributed by atoms with Crippen molar-refractivity contribution < 1.29 is 13.5 Å². The Morgan fingerprint density at radius 3 is 2.37 bits per heavy atom. The van der Waals surface area contributed by atoms with Gasteiger partial charge in [-0.3, -0.25) is 0 Å². The third-order valence-electron chi connectivity index (χ3n) is 3.00. The number of nitriles is 1. The molecular weight excluding hydrogens is 264 g/mol. The van der Waals surface area contributed by atoms with Crippen LogP contribution in [-0.4, -0.2) is 26.2 Å². The van der Waals surface area contributed by atoms with Gasteiger partial charge in [0.05, 0.1) is 17.4 Å². The first kappa shape index (κ1) is 15.6. The summed E-state index contributed by atoms with van der Waals surface area (Å²) in [4.78, 5) is 0.158. The van der Waals surface area contributed by atoms with Crippen molar-refractivity contribution >= 4 is 10.0 Å². The van der Waals surface area contributed by atoms with Crippen LogP contribution < -0.4 is 4.72 Å². The van der Waals surface area contributed by atoms with Crippen molar-refractivity contribution in [1.82, 2.24) is 4.72 Å². The molecule has 0 amide bonds. The molecule has 2 atom stereocenters. The number of nitrogens with one attached hydrogen (secondary N) is 1. The third-order valence-corrected chi connectivity index (χ3v) is 4.57. The zero-order valence-corrected chi connectivity index (χ0v) is 11.8. The van der Waals surface area contributed by atoms with Crippen LogP contribution in [0.2, 0.25) is 0 Å². The van der Waals surface area contributed by atoms with E-state index in [1.54, 1.807) is 26.0 Å². The smallest absolute Gasteiger partial charge is 0.240 e. The van der Waals surface area contributed by atoms with Crippen LogP contribution in [0.1, 0.15) is 19.4 Å². The Hall–Kier alpha value is -1.42. The monoisotopic (exact) mass is 282 g/mol. The number of nitrogens with zero attached hydrogens (tertiary/aromatic N) is 1. The van der Waals surface area contributed by atoms with E-state index in [0.717, 1.165) is 5.56 Å². The van der Waals surface area contributed by atoms with Crippen molar-refractivity contribution in [2.75, 3.05) is 6.61 Å². The second-order valence-corrected chi connectivity index (χ2v) is 6.26. The summed E-state index contributed by atoms with van der Waals surface area (Å²) in [5.41, 5.74) is 0.776. The predicted octanol–water partition coefficient (Wildman–Crippen LogP) is 1.05. The van der Waals surface area contributed by atoms with Crippen molar-refractivity contribution in [2.24, 2.45) is 5.92 Å². The van der Waals surface area contributed by atoms with Crippen LogP contribution in [0.25, 0.3) is 0 Å². The fourth-order valence-electron chi connectivity index (χ4n) is 1.46. The number of benzene rings is 1. The Bertz CT molecular complexity index is 546. The Balaban J connectivity index is 2.86. The standard InChI is InChI=1S/C13H18N2O3S/c1-10(9-16)11(2)15-19(17,18)13-5-3-12(4-6-13)7-8-14/h3-6,10-11,15-16H,7,9H2,1-2H3. The minimum Gasteiger partial charge on any atom is -0.396 e. The van der Waals surface area contributed by atoms with Gasteiger partial charge in [0.15, 0.2) is 0 Å². The topological polar surface area (TPSA) is 90.2 Å². The van der Waals surface area contributed by atoms with Gasteiger partial charge in [0.25, 0.3) is 0 Å². The molecule has 0 saturated carbocycles. The molecule has 6 heteroatoms. The maximum Gasteiger partial charge on any atom is 0.240 e. The molecule has 1 aromatic carbocycles. The summed E-state index contributed by atoms with van der Waals surface area (Å²) < 4.78 is 26.7. The van der Waals surface area contributed by atoms with Gasteiger partial charge in [0.2, 0.25) is 10.0 Å². The van der Waals surface area contributed by atoms with E-state index in [-0.39, 0.29) is 29.9 Å². The van der Waals surface area contributed by atoms with Gasteiger partial charge in [-0.05, 0) is 30.5 Å². The number of rotatable bonds is 6. The van der Waals surface area contributed by atoms with Crippen LogP contribution in [-0.2, 0) is 16.4 Å². The van der Waals surface area contributed by atoms with E-state index < -0.39 is 10.0 Å². The molecule has 0 spiro atoms. The Morgan fingerprint density at radius 1 is 1.32 bits per heavy atom. The van der Waals surface area contributed by atoms with Gasteiger partial charge in [-0.25, -0.2) is 13.1 Å². The second kappa shape index (κ2) is 6.66. The number of hydrogen-bond donors (Lipinski definition) is 2. The van der Waals surface area contributed by atoms with Crippen molar-refractivity contribution in [2.45, 2.75) is 31.2 Å². The lowest BCUT2D eigenvalue weighted by Crippen LogP contribution is -2.38. The van der Waals surface area contributed by atoms with Gasteiger partial charge in [-0.1, -0.05) is 19.1 Å². The van der Waals surface area contributed by atoms with Gasteiger partial charge >= 0.3 is 0 Å². The van der Waals surface area contributed by atoms with Crippen LogP contribution in [0.15, 0.2) is 29.2 Å². The molecule has 1 rings (SSSR count).